The molecule has 1 aromatic heterocycles. The number of hydrogen-bond donors (Lipinski definition) is 2. The lowest BCUT2D eigenvalue weighted by molar-refractivity contribution is 0.0928. The van der Waals surface area contributed by atoms with Crippen LogP contribution in [0.1, 0.15) is 23.2 Å². The summed E-state index contributed by atoms with van der Waals surface area (Å²) in [7, 11) is 0. The van der Waals surface area contributed by atoms with Crippen molar-refractivity contribution in [3.05, 3.63) is 42.3 Å². The maximum atomic E-state index is 12.3. The third kappa shape index (κ3) is 2.76. The molecule has 3 atom stereocenters. The Balaban J connectivity index is 1.38. The van der Waals surface area contributed by atoms with E-state index in [4.69, 9.17) is 4.42 Å². The minimum atomic E-state index is 0.00650. The second-order valence-electron chi connectivity index (χ2n) is 5.86. The highest BCUT2D eigenvalue weighted by Gasteiger charge is 2.39. The summed E-state index contributed by atoms with van der Waals surface area (Å²) in [5, 5.41) is 7.22. The van der Waals surface area contributed by atoms with Gasteiger partial charge in [0.05, 0.1) is 6.20 Å². The summed E-state index contributed by atoms with van der Waals surface area (Å²) in [4.78, 5) is 17.4. The summed E-state index contributed by atoms with van der Waals surface area (Å²) in [5.74, 6) is 0.738. The number of hydrogen-bond acceptors (Lipinski definition) is 5. The molecule has 22 heavy (non-hydrogen) atoms. The Labute approximate surface area is 132 Å². The Kier molecular flexibility index (Phi) is 3.63. The highest BCUT2D eigenvalue weighted by molar-refractivity contribution is 7.99. The molecule has 1 aromatic carbocycles. The van der Waals surface area contributed by atoms with Gasteiger partial charge in [-0.1, -0.05) is 0 Å². The Hall–Kier alpha value is -1.79. The van der Waals surface area contributed by atoms with Crippen molar-refractivity contribution in [1.82, 2.24) is 15.6 Å². The van der Waals surface area contributed by atoms with Gasteiger partial charge in [0.2, 0.25) is 0 Å². The van der Waals surface area contributed by atoms with E-state index in [2.05, 4.69) is 15.6 Å². The van der Waals surface area contributed by atoms with E-state index in [0.717, 1.165) is 23.8 Å². The maximum Gasteiger partial charge on any atom is 0.260 e. The molecule has 1 aliphatic carbocycles. The summed E-state index contributed by atoms with van der Waals surface area (Å²) in [6.07, 6.45) is 5.46. The minimum Gasteiger partial charge on any atom is -0.440 e. The van der Waals surface area contributed by atoms with Gasteiger partial charge in [0.25, 0.3) is 11.1 Å². The SMILES string of the molecule is O=C(NC1CC2CNC1C2)c1ccc(Sc2ncco2)cc1. The summed E-state index contributed by atoms with van der Waals surface area (Å²) < 4.78 is 5.20. The van der Waals surface area contributed by atoms with Crippen LogP contribution in [-0.4, -0.2) is 29.5 Å². The molecular weight excluding hydrogens is 298 g/mol. The molecule has 0 spiro atoms. The fourth-order valence-electron chi connectivity index (χ4n) is 3.30. The second kappa shape index (κ2) is 5.78. The quantitative estimate of drug-likeness (QED) is 0.906. The predicted octanol–water partition coefficient (Wildman–Crippen LogP) is 2.31. The number of nitrogens with one attached hydrogen (secondary N) is 2. The third-order valence-corrected chi connectivity index (χ3v) is 5.26. The second-order valence-corrected chi connectivity index (χ2v) is 6.88. The molecular formula is C16H17N3O2S. The molecule has 1 saturated heterocycles. The molecule has 5 nitrogen and oxygen atoms in total. The fraction of sp³-hybridized carbons (Fsp3) is 0.375. The summed E-state index contributed by atoms with van der Waals surface area (Å²) in [6.45, 7) is 1.10. The van der Waals surface area contributed by atoms with Crippen molar-refractivity contribution >= 4 is 17.7 Å². The minimum absolute atomic E-state index is 0.00650. The third-order valence-electron chi connectivity index (χ3n) is 4.38. The number of amides is 1. The van der Waals surface area contributed by atoms with Crippen LogP contribution in [0.25, 0.3) is 0 Å². The number of carbonyl (C=O) groups is 1. The van der Waals surface area contributed by atoms with Crippen molar-refractivity contribution < 1.29 is 9.21 Å². The standard InChI is InChI=1S/C16H17N3O2S/c20-15(19-14-8-10-7-13(14)18-9-10)11-1-3-12(4-2-11)22-16-17-5-6-21-16/h1-6,10,13-14,18H,7-9H2,(H,19,20). The number of nitrogens with zero attached hydrogens (tertiary/aromatic N) is 1. The molecule has 2 heterocycles. The molecule has 2 bridgehead atoms. The lowest BCUT2D eigenvalue weighted by atomic mass is 10.1. The molecule has 0 radical (unpaired) electrons. The van der Waals surface area contributed by atoms with E-state index in [-0.39, 0.29) is 11.9 Å². The van der Waals surface area contributed by atoms with E-state index in [9.17, 15) is 4.79 Å². The molecule has 2 fully saturated rings. The lowest BCUT2D eigenvalue weighted by Crippen LogP contribution is -2.47. The molecule has 114 valence electrons. The molecule has 3 unspecified atom stereocenters. The smallest absolute Gasteiger partial charge is 0.260 e. The normalized spacial score (nSPS) is 26.3. The summed E-state index contributed by atoms with van der Waals surface area (Å²) >= 11 is 1.44. The van der Waals surface area contributed by atoms with Crippen LogP contribution >= 0.6 is 11.8 Å². The zero-order valence-electron chi connectivity index (χ0n) is 12.0. The van der Waals surface area contributed by atoms with E-state index < -0.39 is 0 Å². The fourth-order valence-corrected chi connectivity index (χ4v) is 3.99. The highest BCUT2D eigenvalue weighted by atomic mass is 32.2. The van der Waals surface area contributed by atoms with Crippen molar-refractivity contribution in [3.63, 3.8) is 0 Å². The van der Waals surface area contributed by atoms with E-state index in [1.165, 1.54) is 18.2 Å². The zero-order chi connectivity index (χ0) is 14.9. The van der Waals surface area contributed by atoms with Gasteiger partial charge in [-0.15, -0.1) is 0 Å². The van der Waals surface area contributed by atoms with Crippen molar-refractivity contribution in [2.75, 3.05) is 6.54 Å². The van der Waals surface area contributed by atoms with Crippen molar-refractivity contribution in [2.45, 2.75) is 35.0 Å². The number of fused-ring (bicyclic) bond motifs is 2. The van der Waals surface area contributed by atoms with E-state index >= 15 is 0 Å². The topological polar surface area (TPSA) is 67.2 Å². The first-order chi connectivity index (χ1) is 10.8. The van der Waals surface area contributed by atoms with Crippen molar-refractivity contribution in [3.8, 4) is 0 Å². The molecule has 6 heteroatoms. The van der Waals surface area contributed by atoms with Crippen molar-refractivity contribution in [1.29, 1.82) is 0 Å². The van der Waals surface area contributed by atoms with Gasteiger partial charge >= 0.3 is 0 Å². The molecule has 1 amide bonds. The summed E-state index contributed by atoms with van der Waals surface area (Å²) in [5.41, 5.74) is 0.694. The Morgan fingerprint density at radius 3 is 2.82 bits per heavy atom. The number of carbonyl (C=O) groups excluding carboxylic acids is 1. The summed E-state index contributed by atoms with van der Waals surface area (Å²) in [6, 6.07) is 8.26. The first kappa shape index (κ1) is 13.8. The van der Waals surface area contributed by atoms with Gasteiger partial charge in [-0.2, -0.15) is 0 Å². The van der Waals surface area contributed by atoms with Gasteiger partial charge < -0.3 is 15.1 Å². The molecule has 2 aromatic rings. The largest absolute Gasteiger partial charge is 0.440 e. The number of oxazole rings is 1. The molecule has 1 aliphatic heterocycles. The van der Waals surface area contributed by atoms with E-state index in [0.29, 0.717) is 16.8 Å². The Morgan fingerprint density at radius 2 is 2.18 bits per heavy atom. The average molecular weight is 315 g/mol. The van der Waals surface area contributed by atoms with Gasteiger partial charge in [0.15, 0.2) is 0 Å². The van der Waals surface area contributed by atoms with Crippen LogP contribution in [0.2, 0.25) is 0 Å². The molecule has 4 rings (SSSR count). The Bertz CT molecular complexity index is 657. The highest BCUT2D eigenvalue weighted by Crippen LogP contribution is 2.31. The maximum absolute atomic E-state index is 12.3. The van der Waals surface area contributed by atoms with Gasteiger partial charge in [-0.3, -0.25) is 4.79 Å². The van der Waals surface area contributed by atoms with Crippen LogP contribution in [0.5, 0.6) is 0 Å². The molecule has 2 N–H and O–H groups in total. The number of rotatable bonds is 4. The van der Waals surface area contributed by atoms with Gasteiger partial charge in [0.1, 0.15) is 6.26 Å². The van der Waals surface area contributed by atoms with Crippen LogP contribution in [0.15, 0.2) is 51.3 Å². The van der Waals surface area contributed by atoms with Crippen molar-refractivity contribution in [2.24, 2.45) is 5.92 Å². The van der Waals surface area contributed by atoms with Crippen LogP contribution in [0.3, 0.4) is 0 Å². The lowest BCUT2D eigenvalue weighted by Gasteiger charge is -2.24. The zero-order valence-corrected chi connectivity index (χ0v) is 12.8. The number of benzene rings is 1. The van der Waals surface area contributed by atoms with E-state index in [1.807, 2.05) is 24.3 Å². The number of piperidine rings is 1. The molecule has 2 aliphatic rings. The average Bonchev–Trinajstić information content (AvgIpc) is 3.25. The predicted molar refractivity (Wildman–Crippen MR) is 82.8 cm³/mol. The number of aromatic nitrogens is 1. The van der Waals surface area contributed by atoms with Gasteiger partial charge in [-0.05, 0) is 61.3 Å². The van der Waals surface area contributed by atoms with Crippen LogP contribution in [-0.2, 0) is 0 Å². The van der Waals surface area contributed by atoms with Gasteiger partial charge in [-0.25, -0.2) is 4.98 Å². The van der Waals surface area contributed by atoms with Crippen LogP contribution < -0.4 is 10.6 Å². The van der Waals surface area contributed by atoms with Crippen LogP contribution in [0, 0.1) is 5.92 Å². The monoisotopic (exact) mass is 315 g/mol. The van der Waals surface area contributed by atoms with Gasteiger partial charge in [0, 0.05) is 22.5 Å². The first-order valence-electron chi connectivity index (χ1n) is 7.49. The Morgan fingerprint density at radius 1 is 1.32 bits per heavy atom. The van der Waals surface area contributed by atoms with Crippen LogP contribution in [0.4, 0.5) is 0 Å². The molecule has 1 saturated carbocycles. The first-order valence-corrected chi connectivity index (χ1v) is 8.31. The van der Waals surface area contributed by atoms with E-state index in [1.54, 1.807) is 12.5 Å².